The van der Waals surface area contributed by atoms with Crippen molar-refractivity contribution < 1.29 is 28.6 Å². The van der Waals surface area contributed by atoms with Gasteiger partial charge in [0.15, 0.2) is 6.10 Å². The maximum atomic E-state index is 12.7. The standard InChI is InChI=1S/C50H96O6/c1-6-8-9-10-11-12-15-19-25-30-35-40-48(51)54-43-47(56-50(53)42-37-32-27-22-21-24-29-34-39-46(5)7-2)44-55-49(52)41-36-31-26-20-17-14-13-16-18-23-28-33-38-45(3)4/h45-47H,6-44H2,1-5H3/t46?,47-/m0/s1. The Morgan fingerprint density at radius 1 is 0.375 bits per heavy atom. The predicted octanol–water partition coefficient (Wildman–Crippen LogP) is 15.8. The van der Waals surface area contributed by atoms with Gasteiger partial charge in [-0.1, -0.05) is 234 Å². The molecular formula is C50H96O6. The van der Waals surface area contributed by atoms with E-state index in [1.54, 1.807) is 0 Å². The molecule has 56 heavy (non-hydrogen) atoms. The molecule has 0 aliphatic carbocycles. The Morgan fingerprint density at radius 3 is 1.02 bits per heavy atom. The topological polar surface area (TPSA) is 78.9 Å². The fourth-order valence-corrected chi connectivity index (χ4v) is 7.43. The average Bonchev–Trinajstić information content (AvgIpc) is 3.18. The molecule has 0 spiro atoms. The van der Waals surface area contributed by atoms with Crippen molar-refractivity contribution in [3.8, 4) is 0 Å². The average molecular weight is 793 g/mol. The van der Waals surface area contributed by atoms with Crippen LogP contribution in [0.3, 0.4) is 0 Å². The molecule has 0 saturated carbocycles. The second-order valence-electron chi connectivity index (χ2n) is 17.8. The van der Waals surface area contributed by atoms with Crippen LogP contribution in [0.1, 0.15) is 272 Å². The van der Waals surface area contributed by atoms with Crippen LogP contribution in [0.2, 0.25) is 0 Å². The number of carbonyl (C=O) groups is 3. The summed E-state index contributed by atoms with van der Waals surface area (Å²) < 4.78 is 16.8. The van der Waals surface area contributed by atoms with E-state index in [1.807, 2.05) is 0 Å². The highest BCUT2D eigenvalue weighted by Gasteiger charge is 2.19. The third-order valence-corrected chi connectivity index (χ3v) is 11.6. The molecule has 0 aromatic rings. The molecule has 0 aliphatic rings. The molecule has 0 rings (SSSR count). The van der Waals surface area contributed by atoms with Crippen LogP contribution < -0.4 is 0 Å². The Kier molecular flexibility index (Phi) is 41.8. The van der Waals surface area contributed by atoms with E-state index in [4.69, 9.17) is 14.2 Å². The van der Waals surface area contributed by atoms with Crippen molar-refractivity contribution in [3.05, 3.63) is 0 Å². The molecule has 0 bridgehead atoms. The van der Waals surface area contributed by atoms with Gasteiger partial charge >= 0.3 is 17.9 Å². The van der Waals surface area contributed by atoms with E-state index < -0.39 is 6.10 Å². The van der Waals surface area contributed by atoms with Gasteiger partial charge in [0.05, 0.1) is 0 Å². The lowest BCUT2D eigenvalue weighted by Gasteiger charge is -2.18. The van der Waals surface area contributed by atoms with Crippen molar-refractivity contribution in [2.75, 3.05) is 13.2 Å². The lowest BCUT2D eigenvalue weighted by molar-refractivity contribution is -0.167. The third kappa shape index (κ3) is 42.0. The molecule has 0 amide bonds. The van der Waals surface area contributed by atoms with Crippen LogP contribution in [0, 0.1) is 11.8 Å². The van der Waals surface area contributed by atoms with Gasteiger partial charge in [0, 0.05) is 19.3 Å². The molecule has 0 N–H and O–H groups in total. The molecule has 2 atom stereocenters. The summed E-state index contributed by atoms with van der Waals surface area (Å²) in [5.41, 5.74) is 0. The molecule has 0 fully saturated rings. The highest BCUT2D eigenvalue weighted by molar-refractivity contribution is 5.71. The van der Waals surface area contributed by atoms with Gasteiger partial charge < -0.3 is 14.2 Å². The fourth-order valence-electron chi connectivity index (χ4n) is 7.43. The number of hydrogen-bond donors (Lipinski definition) is 0. The summed E-state index contributed by atoms with van der Waals surface area (Å²) in [6.45, 7) is 11.4. The van der Waals surface area contributed by atoms with Crippen LogP contribution in [0.25, 0.3) is 0 Å². The van der Waals surface area contributed by atoms with Crippen molar-refractivity contribution in [1.82, 2.24) is 0 Å². The van der Waals surface area contributed by atoms with Gasteiger partial charge in [0.1, 0.15) is 13.2 Å². The van der Waals surface area contributed by atoms with Crippen LogP contribution in [0.15, 0.2) is 0 Å². The Morgan fingerprint density at radius 2 is 0.679 bits per heavy atom. The first kappa shape index (κ1) is 54.4. The number of carbonyl (C=O) groups excluding carboxylic acids is 3. The van der Waals surface area contributed by atoms with E-state index in [9.17, 15) is 14.4 Å². The summed E-state index contributed by atoms with van der Waals surface area (Å²) in [5, 5.41) is 0. The van der Waals surface area contributed by atoms with Gasteiger partial charge in [-0.05, 0) is 31.1 Å². The fraction of sp³-hybridized carbons (Fsp3) is 0.940. The zero-order valence-electron chi connectivity index (χ0n) is 38.3. The first-order valence-corrected chi connectivity index (χ1v) is 24.8. The molecule has 6 heteroatoms. The summed E-state index contributed by atoms with van der Waals surface area (Å²) in [5.74, 6) is 0.825. The Labute approximate surface area is 348 Å². The van der Waals surface area contributed by atoms with E-state index in [1.165, 1.54) is 161 Å². The highest BCUT2D eigenvalue weighted by Crippen LogP contribution is 2.17. The SMILES string of the molecule is CCCCCCCCCCCCCC(=O)OC[C@@H](COC(=O)CCCCCCCCCCCCCCC(C)C)OC(=O)CCCCCCCCCCC(C)CC. The van der Waals surface area contributed by atoms with Gasteiger partial charge in [0.2, 0.25) is 0 Å². The second kappa shape index (κ2) is 43.0. The largest absolute Gasteiger partial charge is 0.462 e. The molecule has 0 aliphatic heterocycles. The molecular weight excluding hydrogens is 697 g/mol. The Hall–Kier alpha value is -1.59. The van der Waals surface area contributed by atoms with Crippen LogP contribution in [0.4, 0.5) is 0 Å². The first-order valence-electron chi connectivity index (χ1n) is 24.8. The van der Waals surface area contributed by atoms with Crippen LogP contribution in [0.5, 0.6) is 0 Å². The summed E-state index contributed by atoms with van der Waals surface area (Å²) in [6, 6.07) is 0. The van der Waals surface area contributed by atoms with Crippen molar-refractivity contribution in [1.29, 1.82) is 0 Å². The minimum absolute atomic E-state index is 0.0644. The lowest BCUT2D eigenvalue weighted by atomic mass is 9.99. The van der Waals surface area contributed by atoms with Crippen LogP contribution >= 0.6 is 0 Å². The smallest absolute Gasteiger partial charge is 0.306 e. The summed E-state index contributed by atoms with van der Waals surface area (Å²) in [7, 11) is 0. The molecule has 0 aromatic carbocycles. The molecule has 0 radical (unpaired) electrons. The maximum Gasteiger partial charge on any atom is 0.306 e. The van der Waals surface area contributed by atoms with E-state index in [0.717, 1.165) is 69.6 Å². The quantitative estimate of drug-likeness (QED) is 0.0347. The molecule has 0 heterocycles. The van der Waals surface area contributed by atoms with E-state index in [-0.39, 0.29) is 31.1 Å². The Bertz CT molecular complexity index is 856. The van der Waals surface area contributed by atoms with Crippen molar-refractivity contribution in [2.45, 2.75) is 278 Å². The third-order valence-electron chi connectivity index (χ3n) is 11.6. The molecule has 1 unspecified atom stereocenters. The summed E-state index contributed by atoms with van der Waals surface area (Å²) >= 11 is 0. The van der Waals surface area contributed by atoms with Crippen molar-refractivity contribution >= 4 is 17.9 Å². The molecule has 332 valence electrons. The maximum absolute atomic E-state index is 12.7. The van der Waals surface area contributed by atoms with E-state index in [0.29, 0.717) is 19.3 Å². The number of ether oxygens (including phenoxy) is 3. The second-order valence-corrected chi connectivity index (χ2v) is 17.8. The number of unbranched alkanes of at least 4 members (excludes halogenated alkanes) is 28. The first-order chi connectivity index (χ1) is 27.3. The van der Waals surface area contributed by atoms with Crippen LogP contribution in [-0.4, -0.2) is 37.2 Å². The van der Waals surface area contributed by atoms with Crippen molar-refractivity contribution in [3.63, 3.8) is 0 Å². The number of hydrogen-bond acceptors (Lipinski definition) is 6. The van der Waals surface area contributed by atoms with Crippen molar-refractivity contribution in [2.24, 2.45) is 11.8 Å². The normalized spacial score (nSPS) is 12.5. The molecule has 0 aromatic heterocycles. The zero-order chi connectivity index (χ0) is 41.2. The minimum atomic E-state index is -0.761. The van der Waals surface area contributed by atoms with Gasteiger partial charge in [-0.3, -0.25) is 14.4 Å². The van der Waals surface area contributed by atoms with Gasteiger partial charge in [-0.25, -0.2) is 0 Å². The highest BCUT2D eigenvalue weighted by atomic mass is 16.6. The molecule has 0 saturated heterocycles. The van der Waals surface area contributed by atoms with Gasteiger partial charge in [0.25, 0.3) is 0 Å². The van der Waals surface area contributed by atoms with E-state index >= 15 is 0 Å². The zero-order valence-corrected chi connectivity index (χ0v) is 38.3. The van der Waals surface area contributed by atoms with Gasteiger partial charge in [-0.15, -0.1) is 0 Å². The lowest BCUT2D eigenvalue weighted by Crippen LogP contribution is -2.30. The number of esters is 3. The van der Waals surface area contributed by atoms with Gasteiger partial charge in [-0.2, -0.15) is 0 Å². The summed E-state index contributed by atoms with van der Waals surface area (Å²) in [4.78, 5) is 37.8. The monoisotopic (exact) mass is 793 g/mol. The predicted molar refractivity (Wildman–Crippen MR) is 238 cm³/mol. The molecule has 6 nitrogen and oxygen atoms in total. The Balaban J connectivity index is 4.32. The number of rotatable bonds is 44. The van der Waals surface area contributed by atoms with Crippen LogP contribution in [-0.2, 0) is 28.6 Å². The minimum Gasteiger partial charge on any atom is -0.462 e. The van der Waals surface area contributed by atoms with E-state index in [2.05, 4.69) is 34.6 Å². The summed E-state index contributed by atoms with van der Waals surface area (Å²) in [6.07, 6.45) is 42.2.